The van der Waals surface area contributed by atoms with E-state index in [1.807, 2.05) is 18.2 Å². The van der Waals surface area contributed by atoms with Crippen LogP contribution in [0.25, 0.3) is 0 Å². The number of H-pyrrole nitrogens is 1. The molecule has 0 spiro atoms. The van der Waals surface area contributed by atoms with Crippen molar-refractivity contribution in [1.82, 2.24) is 20.7 Å². The molecular formula is C15H18N4O3. The smallest absolute Gasteiger partial charge is 0.273 e. The lowest BCUT2D eigenvalue weighted by atomic mass is 9.96. The third-order valence-electron chi connectivity index (χ3n) is 3.75. The summed E-state index contributed by atoms with van der Waals surface area (Å²) in [6.07, 6.45) is 0.859. The molecule has 1 aliphatic heterocycles. The van der Waals surface area contributed by atoms with E-state index in [1.54, 1.807) is 14.0 Å². The number of aromatic amines is 1. The summed E-state index contributed by atoms with van der Waals surface area (Å²) in [6, 6.07) is 5.81. The Hall–Kier alpha value is -2.57. The van der Waals surface area contributed by atoms with Crippen LogP contribution in [0.4, 0.5) is 0 Å². The highest BCUT2D eigenvalue weighted by atomic mass is 16.5. The van der Waals surface area contributed by atoms with E-state index in [0.717, 1.165) is 23.5 Å². The molecule has 1 atom stereocenters. The minimum Gasteiger partial charge on any atom is -0.497 e. The maximum atomic E-state index is 12.0. The Bertz CT molecular complexity index is 683. The van der Waals surface area contributed by atoms with Crippen molar-refractivity contribution in [2.45, 2.75) is 13.3 Å². The van der Waals surface area contributed by atoms with Gasteiger partial charge in [-0.3, -0.25) is 4.79 Å². The van der Waals surface area contributed by atoms with Gasteiger partial charge < -0.3 is 14.8 Å². The summed E-state index contributed by atoms with van der Waals surface area (Å²) in [7, 11) is 1.63. The van der Waals surface area contributed by atoms with Crippen molar-refractivity contribution < 1.29 is 14.3 Å². The topological polar surface area (TPSA) is 89.1 Å². The summed E-state index contributed by atoms with van der Waals surface area (Å²) < 4.78 is 10.9. The Kier molecular flexibility index (Phi) is 3.95. The Morgan fingerprint density at radius 3 is 3.09 bits per heavy atom. The second-order valence-corrected chi connectivity index (χ2v) is 5.32. The van der Waals surface area contributed by atoms with Gasteiger partial charge in [-0.25, -0.2) is 0 Å². The van der Waals surface area contributed by atoms with E-state index in [4.69, 9.17) is 9.47 Å². The van der Waals surface area contributed by atoms with Crippen LogP contribution in [-0.2, 0) is 6.42 Å². The minimum atomic E-state index is -0.216. The van der Waals surface area contributed by atoms with Gasteiger partial charge in [-0.1, -0.05) is 6.07 Å². The first-order chi connectivity index (χ1) is 10.7. The van der Waals surface area contributed by atoms with Gasteiger partial charge in [0.15, 0.2) is 5.69 Å². The molecule has 0 fully saturated rings. The second-order valence-electron chi connectivity index (χ2n) is 5.32. The van der Waals surface area contributed by atoms with Crippen molar-refractivity contribution in [3.8, 4) is 11.5 Å². The molecule has 1 aliphatic rings. The monoisotopic (exact) mass is 302 g/mol. The lowest BCUT2D eigenvalue weighted by molar-refractivity contribution is 0.0933. The van der Waals surface area contributed by atoms with Crippen LogP contribution in [0.3, 0.4) is 0 Å². The molecule has 1 amide bonds. The molecule has 2 aromatic rings. The molecule has 116 valence electrons. The van der Waals surface area contributed by atoms with Gasteiger partial charge in [0, 0.05) is 18.5 Å². The third kappa shape index (κ3) is 2.88. The van der Waals surface area contributed by atoms with Gasteiger partial charge in [0.25, 0.3) is 5.91 Å². The van der Waals surface area contributed by atoms with E-state index in [1.165, 1.54) is 0 Å². The average Bonchev–Trinajstić information content (AvgIpc) is 2.98. The van der Waals surface area contributed by atoms with Crippen LogP contribution in [0, 0.1) is 12.8 Å². The first-order valence-electron chi connectivity index (χ1n) is 7.12. The highest BCUT2D eigenvalue weighted by Gasteiger charge is 2.22. The minimum absolute atomic E-state index is 0.216. The molecule has 22 heavy (non-hydrogen) atoms. The first-order valence-corrected chi connectivity index (χ1v) is 7.12. The number of aryl methyl sites for hydroxylation is 1. The fourth-order valence-corrected chi connectivity index (χ4v) is 2.49. The molecule has 7 heteroatoms. The van der Waals surface area contributed by atoms with Gasteiger partial charge in [0.1, 0.15) is 11.5 Å². The number of nitrogens with one attached hydrogen (secondary N) is 2. The predicted octanol–water partition coefficient (Wildman–Crippen LogP) is 1.10. The predicted molar refractivity (Wildman–Crippen MR) is 79.1 cm³/mol. The fourth-order valence-electron chi connectivity index (χ4n) is 2.49. The number of methoxy groups -OCH3 is 1. The lowest BCUT2D eigenvalue weighted by Gasteiger charge is -2.25. The van der Waals surface area contributed by atoms with Gasteiger partial charge in [0.2, 0.25) is 0 Å². The maximum Gasteiger partial charge on any atom is 0.273 e. The summed E-state index contributed by atoms with van der Waals surface area (Å²) in [4.78, 5) is 12.0. The summed E-state index contributed by atoms with van der Waals surface area (Å²) in [6.45, 7) is 2.85. The number of benzene rings is 1. The van der Waals surface area contributed by atoms with Crippen LogP contribution in [-0.4, -0.2) is 41.6 Å². The highest BCUT2D eigenvalue weighted by Crippen LogP contribution is 2.30. The zero-order valence-electron chi connectivity index (χ0n) is 12.5. The molecule has 2 N–H and O–H groups in total. The average molecular weight is 302 g/mol. The Morgan fingerprint density at radius 1 is 1.50 bits per heavy atom. The second kappa shape index (κ2) is 6.05. The number of fused-ring (bicyclic) bond motifs is 1. The van der Waals surface area contributed by atoms with Crippen LogP contribution in [0.5, 0.6) is 11.5 Å². The number of carbonyl (C=O) groups excluding carboxylic acids is 1. The quantitative estimate of drug-likeness (QED) is 0.883. The SMILES string of the molecule is COc1ccc2c(c1)OCC(CNC(=O)c1n[nH]nc1C)C2. The highest BCUT2D eigenvalue weighted by molar-refractivity contribution is 5.93. The number of rotatable bonds is 4. The van der Waals surface area contributed by atoms with E-state index in [-0.39, 0.29) is 11.8 Å². The van der Waals surface area contributed by atoms with Crippen molar-refractivity contribution in [2.24, 2.45) is 5.92 Å². The molecule has 1 unspecified atom stereocenters. The van der Waals surface area contributed by atoms with Gasteiger partial charge >= 0.3 is 0 Å². The van der Waals surface area contributed by atoms with Crippen molar-refractivity contribution >= 4 is 5.91 Å². The standard InChI is InChI=1S/C15H18N4O3/c1-9-14(18-19-17-9)15(20)16-7-10-5-11-3-4-12(21-2)6-13(11)22-8-10/h3-4,6,10H,5,7-8H2,1-2H3,(H,16,20)(H,17,18,19). The van der Waals surface area contributed by atoms with Crippen LogP contribution in [0.2, 0.25) is 0 Å². The summed E-state index contributed by atoms with van der Waals surface area (Å²) >= 11 is 0. The normalized spacial score (nSPS) is 16.5. The van der Waals surface area contributed by atoms with E-state index in [2.05, 4.69) is 20.7 Å². The lowest BCUT2D eigenvalue weighted by Crippen LogP contribution is -2.35. The Morgan fingerprint density at radius 2 is 2.36 bits per heavy atom. The Balaban J connectivity index is 1.59. The summed E-state index contributed by atoms with van der Waals surface area (Å²) in [5.41, 5.74) is 2.06. The molecule has 7 nitrogen and oxygen atoms in total. The van der Waals surface area contributed by atoms with Gasteiger partial charge in [-0.05, 0) is 25.0 Å². The number of amides is 1. The molecule has 0 bridgehead atoms. The number of ether oxygens (including phenoxy) is 2. The molecule has 0 saturated carbocycles. The van der Waals surface area contributed by atoms with Crippen LogP contribution >= 0.6 is 0 Å². The van der Waals surface area contributed by atoms with E-state index in [0.29, 0.717) is 24.5 Å². The number of hydrogen-bond donors (Lipinski definition) is 2. The number of carbonyl (C=O) groups is 1. The number of aromatic nitrogens is 3. The van der Waals surface area contributed by atoms with Crippen molar-refractivity contribution in [3.63, 3.8) is 0 Å². The van der Waals surface area contributed by atoms with E-state index in [9.17, 15) is 4.79 Å². The zero-order valence-corrected chi connectivity index (χ0v) is 12.5. The molecule has 0 aliphatic carbocycles. The molecule has 3 rings (SSSR count). The molecular weight excluding hydrogens is 284 g/mol. The van der Waals surface area contributed by atoms with Crippen LogP contribution in [0.1, 0.15) is 21.7 Å². The largest absolute Gasteiger partial charge is 0.497 e. The van der Waals surface area contributed by atoms with Crippen molar-refractivity contribution in [1.29, 1.82) is 0 Å². The number of hydrogen-bond acceptors (Lipinski definition) is 5. The van der Waals surface area contributed by atoms with Crippen LogP contribution in [0.15, 0.2) is 18.2 Å². The van der Waals surface area contributed by atoms with Gasteiger partial charge in [-0.2, -0.15) is 15.4 Å². The molecule has 1 aromatic carbocycles. The maximum absolute atomic E-state index is 12.0. The molecule has 0 saturated heterocycles. The van der Waals surface area contributed by atoms with Crippen LogP contribution < -0.4 is 14.8 Å². The van der Waals surface area contributed by atoms with Gasteiger partial charge in [0.05, 0.1) is 19.4 Å². The zero-order chi connectivity index (χ0) is 15.5. The Labute approximate surface area is 128 Å². The molecule has 0 radical (unpaired) electrons. The van der Waals surface area contributed by atoms with Crippen molar-refractivity contribution in [3.05, 3.63) is 35.2 Å². The first kappa shape index (κ1) is 14.4. The van der Waals surface area contributed by atoms with Crippen molar-refractivity contribution in [2.75, 3.05) is 20.3 Å². The molecule has 1 aromatic heterocycles. The number of nitrogens with zero attached hydrogens (tertiary/aromatic N) is 2. The van der Waals surface area contributed by atoms with E-state index >= 15 is 0 Å². The fraction of sp³-hybridized carbons (Fsp3) is 0.400. The summed E-state index contributed by atoms with van der Waals surface area (Å²) in [5, 5.41) is 13.0. The van der Waals surface area contributed by atoms with E-state index < -0.39 is 0 Å². The third-order valence-corrected chi connectivity index (χ3v) is 3.75. The van der Waals surface area contributed by atoms with Gasteiger partial charge in [-0.15, -0.1) is 0 Å². The molecule has 2 heterocycles. The summed E-state index contributed by atoms with van der Waals surface area (Å²) in [5.74, 6) is 1.66.